The summed E-state index contributed by atoms with van der Waals surface area (Å²) in [5.41, 5.74) is -0.829. The Morgan fingerprint density at radius 2 is 1.32 bits per heavy atom. The fourth-order valence-electron chi connectivity index (χ4n) is 0.811. The van der Waals surface area contributed by atoms with Crippen LogP contribution in [0.2, 0.25) is 0 Å². The summed E-state index contributed by atoms with van der Waals surface area (Å²) in [4.78, 5) is 6.17. The molecule has 0 radical (unpaired) electrons. The second-order valence-corrected chi connectivity index (χ2v) is 5.63. The number of alkyl halides is 7. The predicted molar refractivity (Wildman–Crippen MR) is 55.7 cm³/mol. The fraction of sp³-hybridized carbons (Fsp3) is 0.900. The van der Waals surface area contributed by atoms with Crippen LogP contribution in [-0.4, -0.2) is 29.3 Å². The smallest absolute Gasteiger partial charge is 0.427 e. The molecule has 0 aliphatic carbocycles. The Kier molecular flexibility index (Phi) is 4.85. The first kappa shape index (κ1) is 18.3. The minimum atomic E-state index is -6.01. The zero-order chi connectivity index (χ0) is 15.9. The topological polar surface area (TPSA) is 26.3 Å². The molecular weight excluding hydrogens is 302 g/mol. The third-order valence-electron chi connectivity index (χ3n) is 2.57. The molecule has 0 unspecified atom stereocenters. The summed E-state index contributed by atoms with van der Waals surface area (Å²) in [6.07, 6.45) is -13.2. The van der Waals surface area contributed by atoms with E-state index in [2.05, 4.69) is 16.3 Å². The fourth-order valence-corrected chi connectivity index (χ4v) is 0.855. The maximum absolute atomic E-state index is 12.4. The molecule has 9 heteroatoms. The molecule has 0 fully saturated rings. The first-order chi connectivity index (χ1) is 8.05. The molecule has 0 aliphatic rings. The summed E-state index contributed by atoms with van der Waals surface area (Å²) >= 11 is 4.51. The molecule has 0 N–H and O–H groups in total. The van der Waals surface area contributed by atoms with Gasteiger partial charge in [-0.1, -0.05) is 32.4 Å². The average Bonchev–Trinajstić information content (AvgIpc) is 2.10. The highest BCUT2D eigenvalue weighted by Crippen LogP contribution is 2.49. The quantitative estimate of drug-likeness (QED) is 0.436. The lowest BCUT2D eigenvalue weighted by Gasteiger charge is -2.33. The highest BCUT2D eigenvalue weighted by Gasteiger charge is 2.76. The molecule has 0 aliphatic heterocycles. The number of hydrogen-bond donors (Lipinski definition) is 0. The SMILES string of the molecule is C[C@@H](OC(=O)C(Cl)(C(F)(F)F)C(F)(F)F)C(C)(C)C. The van der Waals surface area contributed by atoms with Gasteiger partial charge >= 0.3 is 23.2 Å². The van der Waals surface area contributed by atoms with E-state index < -0.39 is 34.7 Å². The van der Waals surface area contributed by atoms with Gasteiger partial charge in [-0.3, -0.25) is 0 Å². The zero-order valence-electron chi connectivity index (χ0n) is 10.5. The number of carbonyl (C=O) groups excluding carboxylic acids is 1. The first-order valence-corrected chi connectivity index (χ1v) is 5.46. The summed E-state index contributed by atoms with van der Waals surface area (Å²) in [7, 11) is 0. The van der Waals surface area contributed by atoms with E-state index in [9.17, 15) is 31.1 Å². The van der Waals surface area contributed by atoms with Crippen LogP contribution in [0.4, 0.5) is 26.3 Å². The van der Waals surface area contributed by atoms with Crippen molar-refractivity contribution >= 4 is 17.6 Å². The van der Waals surface area contributed by atoms with Gasteiger partial charge in [-0.05, 0) is 12.3 Å². The second-order valence-electron chi connectivity index (χ2n) is 5.07. The van der Waals surface area contributed by atoms with Gasteiger partial charge in [-0.15, -0.1) is 0 Å². The van der Waals surface area contributed by atoms with Crippen LogP contribution in [0.5, 0.6) is 0 Å². The Hall–Kier alpha value is -0.660. The summed E-state index contributed by atoms with van der Waals surface area (Å²) in [5, 5.41) is 0. The van der Waals surface area contributed by atoms with Crippen LogP contribution in [0, 0.1) is 5.41 Å². The lowest BCUT2D eigenvalue weighted by Crippen LogP contribution is -2.59. The molecule has 2 nitrogen and oxygen atoms in total. The molecule has 0 saturated heterocycles. The van der Waals surface area contributed by atoms with Crippen LogP contribution in [0.15, 0.2) is 0 Å². The largest absolute Gasteiger partial charge is 0.460 e. The van der Waals surface area contributed by atoms with Crippen molar-refractivity contribution in [2.45, 2.75) is 51.0 Å². The van der Waals surface area contributed by atoms with Crippen molar-refractivity contribution in [2.24, 2.45) is 5.41 Å². The summed E-state index contributed by atoms with van der Waals surface area (Å²) in [6.45, 7) is 5.65. The predicted octanol–water partition coefficient (Wildman–Crippen LogP) is 4.07. The third-order valence-corrected chi connectivity index (χ3v) is 3.15. The van der Waals surface area contributed by atoms with Gasteiger partial charge < -0.3 is 4.74 Å². The van der Waals surface area contributed by atoms with Crippen molar-refractivity contribution in [2.75, 3.05) is 0 Å². The van der Waals surface area contributed by atoms with Crippen LogP contribution in [-0.2, 0) is 9.53 Å². The molecule has 0 spiro atoms. The van der Waals surface area contributed by atoms with Gasteiger partial charge in [0.2, 0.25) is 0 Å². The maximum atomic E-state index is 12.4. The second kappa shape index (κ2) is 5.03. The summed E-state index contributed by atoms with van der Waals surface area (Å²) in [5.74, 6) is -2.57. The summed E-state index contributed by atoms with van der Waals surface area (Å²) < 4.78 is 78.9. The van der Waals surface area contributed by atoms with E-state index in [0.29, 0.717) is 0 Å². The number of esters is 1. The molecule has 0 amide bonds. The van der Waals surface area contributed by atoms with Gasteiger partial charge in [0.25, 0.3) is 0 Å². The Bertz CT molecular complexity index is 327. The van der Waals surface area contributed by atoms with Gasteiger partial charge in [-0.2, -0.15) is 26.3 Å². The van der Waals surface area contributed by atoms with Gasteiger partial charge in [-0.25, -0.2) is 4.79 Å². The Morgan fingerprint density at radius 3 is 1.53 bits per heavy atom. The van der Waals surface area contributed by atoms with Crippen LogP contribution >= 0.6 is 11.6 Å². The van der Waals surface area contributed by atoms with E-state index in [1.54, 1.807) is 0 Å². The van der Waals surface area contributed by atoms with Gasteiger partial charge in [0, 0.05) is 0 Å². The Labute approximate surface area is 111 Å². The van der Waals surface area contributed by atoms with E-state index in [1.165, 1.54) is 27.7 Å². The molecule has 19 heavy (non-hydrogen) atoms. The monoisotopic (exact) mass is 314 g/mol. The number of carbonyl (C=O) groups is 1. The normalized spacial score (nSPS) is 16.2. The first-order valence-electron chi connectivity index (χ1n) is 5.08. The molecule has 0 bridgehead atoms. The van der Waals surface area contributed by atoms with E-state index in [1.807, 2.05) is 0 Å². The number of halogens is 7. The van der Waals surface area contributed by atoms with Gasteiger partial charge in [0.15, 0.2) is 0 Å². The summed E-state index contributed by atoms with van der Waals surface area (Å²) in [6, 6.07) is 0. The van der Waals surface area contributed by atoms with E-state index in [-0.39, 0.29) is 0 Å². The van der Waals surface area contributed by atoms with Crippen LogP contribution < -0.4 is 0 Å². The zero-order valence-corrected chi connectivity index (χ0v) is 11.3. The lowest BCUT2D eigenvalue weighted by molar-refractivity contribution is -0.270. The van der Waals surface area contributed by atoms with E-state index in [4.69, 9.17) is 0 Å². The molecule has 0 rings (SSSR count). The van der Waals surface area contributed by atoms with E-state index >= 15 is 0 Å². The maximum Gasteiger partial charge on any atom is 0.427 e. The number of rotatable bonds is 2. The molecular formula is C10H13ClF6O2. The molecule has 0 aromatic rings. The molecule has 0 aromatic heterocycles. The van der Waals surface area contributed by atoms with Crippen LogP contribution in [0.1, 0.15) is 27.7 Å². The van der Waals surface area contributed by atoms with Crippen LogP contribution in [0.3, 0.4) is 0 Å². The lowest BCUT2D eigenvalue weighted by atomic mass is 9.90. The minimum Gasteiger partial charge on any atom is -0.460 e. The van der Waals surface area contributed by atoms with Gasteiger partial charge in [0.1, 0.15) is 6.10 Å². The number of hydrogen-bond acceptors (Lipinski definition) is 2. The van der Waals surface area contributed by atoms with Crippen molar-refractivity contribution in [3.05, 3.63) is 0 Å². The Balaban J connectivity index is 5.42. The molecule has 0 aromatic carbocycles. The van der Waals surface area contributed by atoms with Crippen molar-refractivity contribution < 1.29 is 35.9 Å². The Morgan fingerprint density at radius 1 is 1.00 bits per heavy atom. The molecule has 1 atom stereocenters. The highest BCUT2D eigenvalue weighted by atomic mass is 35.5. The van der Waals surface area contributed by atoms with Crippen LogP contribution in [0.25, 0.3) is 0 Å². The van der Waals surface area contributed by atoms with Gasteiger partial charge in [0.05, 0.1) is 0 Å². The molecule has 114 valence electrons. The van der Waals surface area contributed by atoms with E-state index in [0.717, 1.165) is 0 Å². The van der Waals surface area contributed by atoms with Crippen molar-refractivity contribution in [1.82, 2.24) is 0 Å². The minimum absolute atomic E-state index is 0.829. The standard InChI is InChI=1S/C10H13ClF6O2/c1-5(7(2,3)4)19-6(18)8(11,9(12,13)14)10(15,16)17/h5H,1-4H3/t5-/m1/s1. The van der Waals surface area contributed by atoms with Crippen molar-refractivity contribution in [1.29, 1.82) is 0 Å². The number of ether oxygens (including phenoxy) is 1. The van der Waals surface area contributed by atoms with Crippen molar-refractivity contribution in [3.8, 4) is 0 Å². The van der Waals surface area contributed by atoms with Crippen molar-refractivity contribution in [3.63, 3.8) is 0 Å². The molecule has 0 saturated carbocycles. The third kappa shape index (κ3) is 3.67. The molecule has 0 heterocycles. The average molecular weight is 315 g/mol. The highest BCUT2D eigenvalue weighted by molar-refractivity contribution is 6.35.